The van der Waals surface area contributed by atoms with Gasteiger partial charge in [0.05, 0.1) is 34.9 Å². The van der Waals surface area contributed by atoms with Crippen molar-refractivity contribution in [1.82, 2.24) is 30.6 Å². The lowest BCUT2D eigenvalue weighted by Crippen LogP contribution is -2.23. The maximum absolute atomic E-state index is 12.8. The summed E-state index contributed by atoms with van der Waals surface area (Å²) in [7, 11) is -6.21. The number of aryl methyl sites for hydroxylation is 1. The lowest BCUT2D eigenvalue weighted by atomic mass is 10.2. The van der Waals surface area contributed by atoms with Gasteiger partial charge in [0.25, 0.3) is 31.9 Å². The Kier molecular flexibility index (Phi) is 14.5. The second-order valence-corrected chi connectivity index (χ2v) is 18.6. The number of rotatable bonds is 16. The van der Waals surface area contributed by atoms with Crippen molar-refractivity contribution in [2.24, 2.45) is 0 Å². The lowest BCUT2D eigenvalue weighted by Gasteiger charge is -2.14. The van der Waals surface area contributed by atoms with Gasteiger partial charge in [0, 0.05) is 70.8 Å². The molecule has 0 aliphatic heterocycles. The number of H-pyrrole nitrogens is 2. The van der Waals surface area contributed by atoms with E-state index in [1.165, 1.54) is 31.4 Å². The first-order chi connectivity index (χ1) is 31.7. The Balaban J connectivity index is 0.000000196. The number of aromatic nitrogens is 4. The van der Waals surface area contributed by atoms with E-state index in [2.05, 4.69) is 40.0 Å². The third-order valence-electron chi connectivity index (χ3n) is 10.0. The maximum Gasteiger partial charge on any atom is 0.267 e. The molecule has 340 valence electrons. The summed E-state index contributed by atoms with van der Waals surface area (Å²) in [5.41, 5.74) is 5.43. The number of ether oxygens (including phenoxy) is 2. The van der Waals surface area contributed by atoms with E-state index in [0.29, 0.717) is 51.5 Å². The molecule has 8 rings (SSSR count). The summed E-state index contributed by atoms with van der Waals surface area (Å²) < 4.78 is 67.3. The number of carbonyl (C=O) groups is 2. The summed E-state index contributed by atoms with van der Waals surface area (Å²) in [5.74, 6) is 0.277. The quantitative estimate of drug-likeness (QED) is 0.0543. The maximum atomic E-state index is 12.8. The molecule has 0 saturated carbocycles. The first-order valence-electron chi connectivity index (χ1n) is 20.4. The fraction of sp³-hybridized carbons (Fsp3) is 0.149. The zero-order valence-electron chi connectivity index (χ0n) is 35.9. The van der Waals surface area contributed by atoms with Crippen LogP contribution in [0, 0.1) is 6.92 Å². The van der Waals surface area contributed by atoms with Gasteiger partial charge in [-0.2, -0.15) is 0 Å². The highest BCUT2D eigenvalue weighted by Gasteiger charge is 2.19. The Bertz CT molecular complexity index is 3170. The first kappa shape index (κ1) is 46.6. The van der Waals surface area contributed by atoms with Gasteiger partial charge in [0.1, 0.15) is 22.9 Å². The molecule has 0 radical (unpaired) electrons. The fourth-order valence-corrected chi connectivity index (χ4v) is 8.81. The van der Waals surface area contributed by atoms with Crippen molar-refractivity contribution in [3.63, 3.8) is 0 Å². The summed E-state index contributed by atoms with van der Waals surface area (Å²) in [6.45, 7) is 4.75. The van der Waals surface area contributed by atoms with E-state index in [0.717, 1.165) is 39.4 Å². The van der Waals surface area contributed by atoms with Gasteiger partial charge in [0.15, 0.2) is 0 Å². The highest BCUT2D eigenvalue weighted by Crippen LogP contribution is 2.33. The molecule has 0 atom stereocenters. The Morgan fingerprint density at radius 3 is 1.64 bits per heavy atom. The molecule has 4 aromatic carbocycles. The number of benzene rings is 4. The molecule has 4 heterocycles. The van der Waals surface area contributed by atoms with Crippen LogP contribution in [0.2, 0.25) is 5.02 Å². The third kappa shape index (κ3) is 11.4. The van der Waals surface area contributed by atoms with Crippen LogP contribution < -0.4 is 29.6 Å². The van der Waals surface area contributed by atoms with Crippen LogP contribution in [0.15, 0.2) is 144 Å². The number of para-hydroxylation sites is 2. The van der Waals surface area contributed by atoms with Crippen LogP contribution in [0.5, 0.6) is 11.5 Å². The van der Waals surface area contributed by atoms with Gasteiger partial charge in [-0.15, -0.1) is 0 Å². The number of carbonyl (C=O) groups excluding carboxylic acids is 2. The van der Waals surface area contributed by atoms with E-state index in [9.17, 15) is 26.4 Å². The van der Waals surface area contributed by atoms with E-state index in [-0.39, 0.29) is 34.7 Å². The van der Waals surface area contributed by atoms with Crippen LogP contribution in [-0.4, -0.2) is 62.3 Å². The first-order valence-corrected chi connectivity index (χ1v) is 23.8. The predicted molar refractivity (Wildman–Crippen MR) is 254 cm³/mol. The topological polar surface area (TPSA) is 226 Å². The monoisotopic (exact) mass is 948 g/mol. The highest BCUT2D eigenvalue weighted by atomic mass is 35.5. The Hall–Kier alpha value is -7.41. The largest absolute Gasteiger partial charge is 0.495 e. The van der Waals surface area contributed by atoms with Crippen molar-refractivity contribution in [3.05, 3.63) is 167 Å². The van der Waals surface area contributed by atoms with Crippen molar-refractivity contribution < 1.29 is 35.9 Å². The number of anilines is 2. The molecule has 19 heteroatoms. The fourth-order valence-electron chi connectivity index (χ4n) is 6.53. The van der Waals surface area contributed by atoms with Crippen LogP contribution in [0.1, 0.15) is 51.0 Å². The SMILES string of the molecule is CCCOc1ccccc1NS(=O)(=O)c1ccc(CNC(=O)c2cc3cnccc3[nH]2)cc1.COc1cc(Cl)c(C)cc1NS(=O)(=O)c1ccc(CNC(=O)c2cc3cnccc3[nH]2)cc1. The average Bonchev–Trinajstić information content (AvgIpc) is 3.97. The average molecular weight is 950 g/mol. The van der Waals surface area contributed by atoms with Gasteiger partial charge >= 0.3 is 0 Å². The van der Waals surface area contributed by atoms with Crippen molar-refractivity contribution in [2.75, 3.05) is 23.2 Å². The van der Waals surface area contributed by atoms with Gasteiger partial charge in [-0.25, -0.2) is 16.8 Å². The minimum absolute atomic E-state index is 0.0790. The molecule has 0 unspecified atom stereocenters. The van der Waals surface area contributed by atoms with Gasteiger partial charge in [-0.05, 0) is 96.8 Å². The molecule has 0 fully saturated rings. The second kappa shape index (κ2) is 20.6. The van der Waals surface area contributed by atoms with E-state index < -0.39 is 20.0 Å². The van der Waals surface area contributed by atoms with Gasteiger partial charge in [-0.3, -0.25) is 29.0 Å². The van der Waals surface area contributed by atoms with E-state index >= 15 is 0 Å². The standard InChI is InChI=1S/C24H24N4O4S.C23H21ClN4O4S/c1-2-13-32-23-6-4-3-5-21(23)28-33(30,31)19-9-7-17(8-10-19)15-26-24(29)22-14-18-16-25-12-11-20(18)27-22;1-14-9-20(22(32-2)11-18(14)24)28-33(30,31)17-5-3-15(4-6-17)12-26-23(29)21-10-16-13-25-8-7-19(16)27-21/h3-12,14,16,27-28H,2,13,15H2,1H3,(H,26,29);3-11,13,27-28H,12H2,1-2H3,(H,26,29). The van der Waals surface area contributed by atoms with Crippen molar-refractivity contribution in [2.45, 2.75) is 43.1 Å². The Morgan fingerprint density at radius 1 is 0.652 bits per heavy atom. The number of hydrogen-bond acceptors (Lipinski definition) is 10. The molecule has 66 heavy (non-hydrogen) atoms. The number of hydrogen-bond donors (Lipinski definition) is 6. The summed E-state index contributed by atoms with van der Waals surface area (Å²) in [5, 5.41) is 7.82. The number of amides is 2. The van der Waals surface area contributed by atoms with Crippen molar-refractivity contribution >= 4 is 76.6 Å². The molecule has 0 bridgehead atoms. The number of pyridine rings is 2. The molecule has 0 spiro atoms. The van der Waals surface area contributed by atoms with Crippen LogP contribution in [0.4, 0.5) is 11.4 Å². The van der Waals surface area contributed by atoms with Crippen LogP contribution in [0.25, 0.3) is 21.8 Å². The second-order valence-electron chi connectivity index (χ2n) is 14.8. The number of methoxy groups -OCH3 is 1. The molecule has 0 aliphatic carbocycles. The van der Waals surface area contributed by atoms with Crippen LogP contribution in [0.3, 0.4) is 0 Å². The number of sulfonamides is 2. The molecular formula is C47H45ClN8O8S2. The molecular weight excluding hydrogens is 904 g/mol. The minimum atomic E-state index is -3.85. The van der Waals surface area contributed by atoms with E-state index in [4.69, 9.17) is 21.1 Å². The predicted octanol–water partition coefficient (Wildman–Crippen LogP) is 8.35. The smallest absolute Gasteiger partial charge is 0.267 e. The van der Waals surface area contributed by atoms with E-state index in [1.54, 1.807) is 117 Å². The highest BCUT2D eigenvalue weighted by molar-refractivity contribution is 7.93. The molecule has 2 amide bonds. The number of aromatic amines is 2. The van der Waals surface area contributed by atoms with Gasteiger partial charge in [0.2, 0.25) is 0 Å². The molecule has 16 nitrogen and oxygen atoms in total. The lowest BCUT2D eigenvalue weighted by molar-refractivity contribution is 0.0939. The van der Waals surface area contributed by atoms with Crippen LogP contribution >= 0.6 is 11.6 Å². The molecule has 8 aromatic rings. The zero-order chi connectivity index (χ0) is 46.8. The van der Waals surface area contributed by atoms with Gasteiger partial charge in [-0.1, -0.05) is 54.9 Å². The summed E-state index contributed by atoms with van der Waals surface area (Å²) >= 11 is 6.09. The Labute approximate surface area is 386 Å². The number of halogens is 1. The molecule has 0 saturated heterocycles. The summed E-state index contributed by atoms with van der Waals surface area (Å²) in [6.07, 6.45) is 7.48. The van der Waals surface area contributed by atoms with Gasteiger partial charge < -0.3 is 30.1 Å². The number of fused-ring (bicyclic) bond motifs is 2. The summed E-state index contributed by atoms with van der Waals surface area (Å²) in [6, 6.07) is 29.8. The molecule has 0 aliphatic rings. The Morgan fingerprint density at radius 2 is 1.15 bits per heavy atom. The van der Waals surface area contributed by atoms with Crippen molar-refractivity contribution in [3.8, 4) is 11.5 Å². The zero-order valence-corrected chi connectivity index (χ0v) is 38.3. The normalized spacial score (nSPS) is 11.3. The number of nitrogens with zero attached hydrogens (tertiary/aromatic N) is 2. The van der Waals surface area contributed by atoms with Crippen LogP contribution in [-0.2, 0) is 33.1 Å². The molecule has 4 aromatic heterocycles. The third-order valence-corrected chi connectivity index (χ3v) is 13.2. The minimum Gasteiger partial charge on any atom is -0.495 e. The molecule has 6 N–H and O–H groups in total. The summed E-state index contributed by atoms with van der Waals surface area (Å²) in [4.78, 5) is 39.2. The number of nitrogens with one attached hydrogen (secondary N) is 6. The van der Waals surface area contributed by atoms with E-state index in [1.807, 2.05) is 6.92 Å². The van der Waals surface area contributed by atoms with Crippen molar-refractivity contribution in [1.29, 1.82) is 0 Å².